The molecule has 0 unspecified atom stereocenters. The molecule has 0 spiro atoms. The van der Waals surface area contributed by atoms with Gasteiger partial charge in [0.1, 0.15) is 11.5 Å². The molecule has 0 heterocycles. The molecule has 5 nitrogen and oxygen atoms in total. The predicted octanol–water partition coefficient (Wildman–Crippen LogP) is 4.93. The van der Waals surface area contributed by atoms with Crippen LogP contribution in [0.15, 0.2) is 47.5 Å². The maximum absolute atomic E-state index is 6.10. The quantitative estimate of drug-likeness (QED) is 0.329. The summed E-state index contributed by atoms with van der Waals surface area (Å²) in [6.07, 6.45) is 0. The molecular formula is C19H25ClIN3O2. The van der Waals surface area contributed by atoms with E-state index in [0.717, 1.165) is 17.0 Å². The highest BCUT2D eigenvalue weighted by atomic mass is 127. The monoisotopic (exact) mass is 489 g/mol. The van der Waals surface area contributed by atoms with Gasteiger partial charge in [0.05, 0.1) is 25.3 Å². The molecule has 0 aromatic heterocycles. The summed E-state index contributed by atoms with van der Waals surface area (Å²) in [6, 6.07) is 13.2. The Bertz CT molecular complexity index is 738. The third kappa shape index (κ3) is 7.29. The third-order valence-electron chi connectivity index (χ3n) is 3.34. The molecule has 142 valence electrons. The molecular weight excluding hydrogens is 465 g/mol. The van der Waals surface area contributed by atoms with Crippen molar-refractivity contribution < 1.29 is 9.47 Å². The second kappa shape index (κ2) is 11.1. The number of guanidine groups is 1. The van der Waals surface area contributed by atoms with E-state index in [1.807, 2.05) is 30.3 Å². The standard InChI is InChI=1S/C19H24ClN3O2.HI/c1-13(2)12-25-16-6-4-5-14(9-16)11-22-19(21)23-15-7-8-18(24-3)17(20)10-15;/h4-10,13H,11-12H2,1-3H3,(H3,21,22,23);1H. The van der Waals surface area contributed by atoms with Crippen molar-refractivity contribution in [2.45, 2.75) is 20.4 Å². The van der Waals surface area contributed by atoms with Crippen molar-refractivity contribution in [1.82, 2.24) is 0 Å². The molecule has 0 aliphatic rings. The smallest absolute Gasteiger partial charge is 0.193 e. The zero-order valence-corrected chi connectivity index (χ0v) is 18.2. The molecule has 0 amide bonds. The van der Waals surface area contributed by atoms with Gasteiger partial charge in [-0.1, -0.05) is 37.6 Å². The second-order valence-electron chi connectivity index (χ2n) is 6.03. The van der Waals surface area contributed by atoms with E-state index in [4.69, 9.17) is 26.8 Å². The molecule has 0 radical (unpaired) electrons. The summed E-state index contributed by atoms with van der Waals surface area (Å²) >= 11 is 6.10. The number of rotatable bonds is 7. The van der Waals surface area contributed by atoms with Gasteiger partial charge in [0, 0.05) is 5.69 Å². The molecule has 0 bridgehead atoms. The Kier molecular flexibility index (Phi) is 9.58. The first-order valence-electron chi connectivity index (χ1n) is 8.10. The molecule has 0 saturated heterocycles. The zero-order chi connectivity index (χ0) is 18.2. The summed E-state index contributed by atoms with van der Waals surface area (Å²) in [5, 5.41) is 3.53. The molecule has 2 aromatic carbocycles. The van der Waals surface area contributed by atoms with Crippen LogP contribution in [0.2, 0.25) is 5.02 Å². The van der Waals surface area contributed by atoms with E-state index in [9.17, 15) is 0 Å². The van der Waals surface area contributed by atoms with Gasteiger partial charge >= 0.3 is 0 Å². The van der Waals surface area contributed by atoms with Gasteiger partial charge in [0.15, 0.2) is 5.96 Å². The summed E-state index contributed by atoms with van der Waals surface area (Å²) in [5.41, 5.74) is 7.72. The molecule has 0 aliphatic heterocycles. The Morgan fingerprint density at radius 3 is 2.65 bits per heavy atom. The lowest BCUT2D eigenvalue weighted by atomic mass is 10.2. The number of ether oxygens (including phenoxy) is 2. The van der Waals surface area contributed by atoms with Crippen molar-refractivity contribution >= 4 is 47.2 Å². The van der Waals surface area contributed by atoms with Crippen LogP contribution in [-0.4, -0.2) is 19.7 Å². The normalized spacial score (nSPS) is 11.0. The molecule has 3 N–H and O–H groups in total. The molecule has 0 atom stereocenters. The molecule has 7 heteroatoms. The number of nitrogens with one attached hydrogen (secondary N) is 1. The summed E-state index contributed by atoms with van der Waals surface area (Å²) < 4.78 is 10.8. The lowest BCUT2D eigenvalue weighted by Gasteiger charge is -2.10. The SMILES string of the molecule is COc1ccc(NC(N)=NCc2cccc(OCC(C)C)c2)cc1Cl.I. The van der Waals surface area contributed by atoms with Gasteiger partial charge in [0.25, 0.3) is 0 Å². The highest BCUT2D eigenvalue weighted by Gasteiger charge is 2.03. The van der Waals surface area contributed by atoms with Crippen LogP contribution in [0.5, 0.6) is 11.5 Å². The van der Waals surface area contributed by atoms with Crippen LogP contribution < -0.4 is 20.5 Å². The van der Waals surface area contributed by atoms with Gasteiger partial charge < -0.3 is 20.5 Å². The number of methoxy groups -OCH3 is 1. The lowest BCUT2D eigenvalue weighted by molar-refractivity contribution is 0.271. The summed E-state index contributed by atoms with van der Waals surface area (Å²) in [6.45, 7) is 5.38. The van der Waals surface area contributed by atoms with Crippen LogP contribution in [0.3, 0.4) is 0 Å². The van der Waals surface area contributed by atoms with Crippen molar-refractivity contribution in [2.24, 2.45) is 16.6 Å². The largest absolute Gasteiger partial charge is 0.495 e. The highest BCUT2D eigenvalue weighted by Crippen LogP contribution is 2.27. The first-order chi connectivity index (χ1) is 12.0. The minimum Gasteiger partial charge on any atom is -0.495 e. The Morgan fingerprint density at radius 1 is 1.23 bits per heavy atom. The Labute approximate surface area is 177 Å². The number of nitrogens with two attached hydrogens (primary N) is 1. The zero-order valence-electron chi connectivity index (χ0n) is 15.2. The Morgan fingerprint density at radius 2 is 2.00 bits per heavy atom. The summed E-state index contributed by atoms with van der Waals surface area (Å²) in [5.74, 6) is 2.25. The highest BCUT2D eigenvalue weighted by molar-refractivity contribution is 14.0. The van der Waals surface area contributed by atoms with E-state index in [1.165, 1.54) is 0 Å². The van der Waals surface area contributed by atoms with Gasteiger partial charge in [-0.3, -0.25) is 0 Å². The maximum atomic E-state index is 6.10. The summed E-state index contributed by atoms with van der Waals surface area (Å²) in [4.78, 5) is 4.35. The van der Waals surface area contributed by atoms with Gasteiger partial charge in [-0.2, -0.15) is 0 Å². The number of anilines is 1. The first kappa shape index (κ1) is 22.4. The molecule has 0 fully saturated rings. The van der Waals surface area contributed by atoms with Crippen molar-refractivity contribution in [3.8, 4) is 11.5 Å². The van der Waals surface area contributed by atoms with E-state index in [1.54, 1.807) is 19.2 Å². The van der Waals surface area contributed by atoms with Crippen LogP contribution in [0, 0.1) is 5.92 Å². The molecule has 0 saturated carbocycles. The van der Waals surface area contributed by atoms with E-state index in [0.29, 0.717) is 35.8 Å². The van der Waals surface area contributed by atoms with E-state index in [-0.39, 0.29) is 24.0 Å². The molecule has 2 rings (SSSR count). The van der Waals surface area contributed by atoms with E-state index in [2.05, 4.69) is 24.2 Å². The fourth-order valence-electron chi connectivity index (χ4n) is 2.10. The van der Waals surface area contributed by atoms with Crippen LogP contribution in [0.25, 0.3) is 0 Å². The van der Waals surface area contributed by atoms with Crippen LogP contribution in [0.1, 0.15) is 19.4 Å². The Hall–Kier alpha value is -1.67. The first-order valence-corrected chi connectivity index (χ1v) is 8.48. The number of hydrogen-bond donors (Lipinski definition) is 2. The number of hydrogen-bond acceptors (Lipinski definition) is 3. The minimum absolute atomic E-state index is 0. The second-order valence-corrected chi connectivity index (χ2v) is 6.44. The van der Waals surface area contributed by atoms with Crippen molar-refractivity contribution in [2.75, 3.05) is 19.0 Å². The fraction of sp³-hybridized carbons (Fsp3) is 0.316. The number of benzene rings is 2. The topological polar surface area (TPSA) is 68.9 Å². The number of aliphatic imine (C=N–C) groups is 1. The average molecular weight is 490 g/mol. The van der Waals surface area contributed by atoms with Gasteiger partial charge in [0.2, 0.25) is 0 Å². The van der Waals surface area contributed by atoms with Gasteiger partial charge in [-0.15, -0.1) is 24.0 Å². The predicted molar refractivity (Wildman–Crippen MR) is 119 cm³/mol. The van der Waals surface area contributed by atoms with Gasteiger partial charge in [-0.05, 0) is 41.8 Å². The van der Waals surface area contributed by atoms with Crippen LogP contribution in [0.4, 0.5) is 5.69 Å². The third-order valence-corrected chi connectivity index (χ3v) is 3.63. The van der Waals surface area contributed by atoms with Crippen molar-refractivity contribution in [3.63, 3.8) is 0 Å². The number of nitrogens with zero attached hydrogens (tertiary/aromatic N) is 1. The molecule has 2 aromatic rings. The average Bonchev–Trinajstić information content (AvgIpc) is 2.59. The van der Waals surface area contributed by atoms with Crippen molar-refractivity contribution in [1.29, 1.82) is 0 Å². The fourth-order valence-corrected chi connectivity index (χ4v) is 2.36. The molecule has 0 aliphatic carbocycles. The maximum Gasteiger partial charge on any atom is 0.193 e. The van der Waals surface area contributed by atoms with E-state index < -0.39 is 0 Å². The minimum atomic E-state index is 0. The molecule has 26 heavy (non-hydrogen) atoms. The van der Waals surface area contributed by atoms with Crippen LogP contribution in [-0.2, 0) is 6.54 Å². The Balaban J connectivity index is 0.00000338. The van der Waals surface area contributed by atoms with Gasteiger partial charge in [-0.25, -0.2) is 4.99 Å². The summed E-state index contributed by atoms with van der Waals surface area (Å²) in [7, 11) is 1.57. The van der Waals surface area contributed by atoms with E-state index >= 15 is 0 Å². The number of halogens is 2. The lowest BCUT2D eigenvalue weighted by Crippen LogP contribution is -2.22. The van der Waals surface area contributed by atoms with Crippen molar-refractivity contribution in [3.05, 3.63) is 53.1 Å². The van der Waals surface area contributed by atoms with Crippen LogP contribution >= 0.6 is 35.6 Å².